The highest BCUT2D eigenvalue weighted by molar-refractivity contribution is 7.92. The molecule has 0 amide bonds. The minimum atomic E-state index is -3.64. The van der Waals surface area contributed by atoms with Crippen molar-refractivity contribution >= 4 is 21.5 Å². The van der Waals surface area contributed by atoms with Crippen LogP contribution in [0.1, 0.15) is 6.92 Å². The fourth-order valence-electron chi connectivity index (χ4n) is 3.99. The topological polar surface area (TPSA) is 68.8 Å². The number of rotatable bonds is 7. The molecule has 3 aliphatic rings. The van der Waals surface area contributed by atoms with Crippen molar-refractivity contribution in [3.63, 3.8) is 0 Å². The van der Waals surface area contributed by atoms with Crippen molar-refractivity contribution in [1.82, 2.24) is 14.8 Å². The van der Waals surface area contributed by atoms with E-state index in [-0.39, 0.29) is 4.90 Å². The van der Waals surface area contributed by atoms with Gasteiger partial charge in [-0.05, 0) is 31.2 Å². The van der Waals surface area contributed by atoms with Gasteiger partial charge < -0.3 is 5.32 Å². The number of para-hydroxylation sites is 1. The largest absolute Gasteiger partial charge is 0.368 e. The molecule has 150 valence electrons. The maximum Gasteiger partial charge on any atom is 0.265 e. The molecular formula is C20H27N5O2S. The van der Waals surface area contributed by atoms with Gasteiger partial charge in [-0.1, -0.05) is 18.2 Å². The summed E-state index contributed by atoms with van der Waals surface area (Å²) < 4.78 is 27.4. The van der Waals surface area contributed by atoms with Crippen LogP contribution in [0.4, 0.5) is 11.5 Å². The van der Waals surface area contributed by atoms with Gasteiger partial charge in [0.2, 0.25) is 0 Å². The predicted molar refractivity (Wildman–Crippen MR) is 111 cm³/mol. The molecule has 8 heteroatoms. The Hall–Kier alpha value is -2.16. The predicted octanol–water partition coefficient (Wildman–Crippen LogP) is 1.71. The molecule has 2 aromatic rings. The molecule has 3 aliphatic heterocycles. The normalized spacial score (nSPS) is 24.1. The van der Waals surface area contributed by atoms with Crippen LogP contribution in [0.5, 0.6) is 0 Å². The van der Waals surface area contributed by atoms with Crippen molar-refractivity contribution in [1.29, 1.82) is 0 Å². The maximum absolute atomic E-state index is 13.0. The van der Waals surface area contributed by atoms with E-state index in [1.807, 2.05) is 25.1 Å². The lowest BCUT2D eigenvalue weighted by atomic mass is 10.1. The Balaban J connectivity index is 1.43. The number of benzene rings is 1. The first-order valence-corrected chi connectivity index (χ1v) is 11.3. The Bertz CT molecular complexity index is 881. The molecular weight excluding hydrogens is 374 g/mol. The molecule has 28 heavy (non-hydrogen) atoms. The zero-order chi connectivity index (χ0) is 19.6. The minimum Gasteiger partial charge on any atom is -0.368 e. The molecule has 3 saturated heterocycles. The number of anilines is 2. The lowest BCUT2D eigenvalue weighted by Crippen LogP contribution is -2.62. The van der Waals surface area contributed by atoms with Gasteiger partial charge in [0.1, 0.15) is 10.7 Å². The Morgan fingerprint density at radius 1 is 1.11 bits per heavy atom. The monoisotopic (exact) mass is 401 g/mol. The van der Waals surface area contributed by atoms with E-state index in [1.54, 1.807) is 24.3 Å². The van der Waals surface area contributed by atoms with Gasteiger partial charge in [0.25, 0.3) is 10.0 Å². The van der Waals surface area contributed by atoms with Crippen LogP contribution in [0.2, 0.25) is 0 Å². The third-order valence-corrected chi connectivity index (χ3v) is 7.45. The number of nitrogens with zero attached hydrogens (tertiary/aromatic N) is 4. The van der Waals surface area contributed by atoms with Gasteiger partial charge in [-0.2, -0.15) is 0 Å². The van der Waals surface area contributed by atoms with E-state index in [0.717, 1.165) is 39.3 Å². The first kappa shape index (κ1) is 19.2. The van der Waals surface area contributed by atoms with E-state index < -0.39 is 10.0 Å². The number of hydrogen-bond donors (Lipinski definition) is 1. The second-order valence-electron chi connectivity index (χ2n) is 7.26. The van der Waals surface area contributed by atoms with Gasteiger partial charge >= 0.3 is 0 Å². The summed E-state index contributed by atoms with van der Waals surface area (Å²) in [7, 11) is -3.64. The molecule has 0 spiro atoms. The molecule has 0 aliphatic carbocycles. The van der Waals surface area contributed by atoms with Gasteiger partial charge in [0.15, 0.2) is 0 Å². The van der Waals surface area contributed by atoms with E-state index in [4.69, 9.17) is 0 Å². The molecule has 1 atom stereocenters. The van der Waals surface area contributed by atoms with Crippen molar-refractivity contribution in [2.45, 2.75) is 17.9 Å². The molecule has 1 aromatic heterocycles. The zero-order valence-corrected chi connectivity index (χ0v) is 17.0. The van der Waals surface area contributed by atoms with Crippen molar-refractivity contribution in [3.05, 3.63) is 48.7 Å². The summed E-state index contributed by atoms with van der Waals surface area (Å²) >= 11 is 0. The molecule has 0 saturated carbocycles. The number of nitrogens with one attached hydrogen (secondary N) is 1. The molecule has 1 aromatic carbocycles. The van der Waals surface area contributed by atoms with Gasteiger partial charge in [0, 0.05) is 58.1 Å². The van der Waals surface area contributed by atoms with Gasteiger partial charge in [-0.25, -0.2) is 13.4 Å². The van der Waals surface area contributed by atoms with Crippen LogP contribution in [0.25, 0.3) is 0 Å². The molecule has 3 fully saturated rings. The molecule has 2 bridgehead atoms. The number of hydrogen-bond acceptors (Lipinski definition) is 6. The van der Waals surface area contributed by atoms with Crippen molar-refractivity contribution in [2.75, 3.05) is 55.4 Å². The summed E-state index contributed by atoms with van der Waals surface area (Å²) in [6.45, 7) is 8.68. The Morgan fingerprint density at radius 3 is 2.43 bits per heavy atom. The number of sulfonamides is 1. The van der Waals surface area contributed by atoms with E-state index in [2.05, 4.69) is 20.1 Å². The summed E-state index contributed by atoms with van der Waals surface area (Å²) in [4.78, 5) is 9.57. The van der Waals surface area contributed by atoms with Crippen LogP contribution in [-0.2, 0) is 10.0 Å². The first-order valence-electron chi connectivity index (χ1n) is 9.82. The molecule has 0 radical (unpaired) electrons. The summed E-state index contributed by atoms with van der Waals surface area (Å²) in [6.07, 6.45) is 1.44. The number of piperazine rings is 3. The van der Waals surface area contributed by atoms with Crippen molar-refractivity contribution in [2.24, 2.45) is 0 Å². The standard InChI is InChI=1S/C20H27N5O2S/c1-2-25(17-6-4-3-5-7-17)28(26,27)19-8-9-20(22-15-19)21-14-18-16-23-10-12-24(18)13-11-23/h3-9,15,18H,2,10-14,16H2,1H3,(H,21,22). The minimum absolute atomic E-state index is 0.204. The van der Waals surface area contributed by atoms with Gasteiger partial charge in [-0.3, -0.25) is 14.1 Å². The number of fused-ring (bicyclic) bond motifs is 3. The second kappa shape index (κ2) is 8.06. The average Bonchev–Trinajstić information content (AvgIpc) is 2.74. The van der Waals surface area contributed by atoms with Crippen LogP contribution in [0.15, 0.2) is 53.6 Å². The SMILES string of the molecule is CCN(c1ccccc1)S(=O)(=O)c1ccc(NCC2CN3CCN2CC3)nc1. The molecule has 1 N–H and O–H groups in total. The zero-order valence-electron chi connectivity index (χ0n) is 16.2. The molecule has 1 unspecified atom stereocenters. The quantitative estimate of drug-likeness (QED) is 0.762. The molecule has 4 heterocycles. The second-order valence-corrected chi connectivity index (χ2v) is 9.12. The lowest BCUT2D eigenvalue weighted by Gasteiger charge is -2.47. The smallest absolute Gasteiger partial charge is 0.265 e. The summed E-state index contributed by atoms with van der Waals surface area (Å²) in [5, 5.41) is 3.36. The highest BCUT2D eigenvalue weighted by atomic mass is 32.2. The maximum atomic E-state index is 13.0. The van der Waals surface area contributed by atoms with Gasteiger partial charge in [-0.15, -0.1) is 0 Å². The first-order chi connectivity index (χ1) is 13.6. The Labute approximate surface area is 167 Å². The molecule has 7 nitrogen and oxygen atoms in total. The fraction of sp³-hybridized carbons (Fsp3) is 0.450. The highest BCUT2D eigenvalue weighted by Gasteiger charge is 2.31. The third-order valence-electron chi connectivity index (χ3n) is 5.57. The van der Waals surface area contributed by atoms with E-state index in [9.17, 15) is 8.42 Å². The highest BCUT2D eigenvalue weighted by Crippen LogP contribution is 2.23. The summed E-state index contributed by atoms with van der Waals surface area (Å²) in [6, 6.07) is 13.0. The van der Waals surface area contributed by atoms with Crippen LogP contribution >= 0.6 is 0 Å². The molecule has 5 rings (SSSR count). The van der Waals surface area contributed by atoms with Crippen LogP contribution in [0.3, 0.4) is 0 Å². The van der Waals surface area contributed by atoms with E-state index in [1.165, 1.54) is 10.5 Å². The summed E-state index contributed by atoms with van der Waals surface area (Å²) in [5.41, 5.74) is 0.656. The van der Waals surface area contributed by atoms with E-state index in [0.29, 0.717) is 24.1 Å². The third kappa shape index (κ3) is 3.85. The van der Waals surface area contributed by atoms with Gasteiger partial charge in [0.05, 0.1) is 5.69 Å². The van der Waals surface area contributed by atoms with Crippen LogP contribution in [-0.4, -0.2) is 75.1 Å². The number of aromatic nitrogens is 1. The number of pyridine rings is 1. The average molecular weight is 402 g/mol. The van der Waals surface area contributed by atoms with Crippen molar-refractivity contribution in [3.8, 4) is 0 Å². The Kier molecular flexibility index (Phi) is 5.52. The van der Waals surface area contributed by atoms with Crippen LogP contribution in [0, 0.1) is 0 Å². The van der Waals surface area contributed by atoms with E-state index >= 15 is 0 Å². The lowest BCUT2D eigenvalue weighted by molar-refractivity contribution is 0.0189. The Morgan fingerprint density at radius 2 is 1.86 bits per heavy atom. The van der Waals surface area contributed by atoms with Crippen LogP contribution < -0.4 is 9.62 Å². The van der Waals surface area contributed by atoms with Crippen molar-refractivity contribution < 1.29 is 8.42 Å². The fourth-order valence-corrected chi connectivity index (χ4v) is 5.41. The summed E-state index contributed by atoms with van der Waals surface area (Å²) in [5.74, 6) is 0.708.